The van der Waals surface area contributed by atoms with E-state index in [-0.39, 0.29) is 5.02 Å². The Balaban J connectivity index is 2.01. The number of alkyl halides is 3. The van der Waals surface area contributed by atoms with Gasteiger partial charge in [-0.25, -0.2) is 9.18 Å². The van der Waals surface area contributed by atoms with Gasteiger partial charge in [0, 0.05) is 11.1 Å². The summed E-state index contributed by atoms with van der Waals surface area (Å²) in [6, 6.07) is 8.12. The zero-order valence-corrected chi connectivity index (χ0v) is 15.1. The van der Waals surface area contributed by atoms with Gasteiger partial charge in [-0.05, 0) is 48.9 Å². The van der Waals surface area contributed by atoms with Crippen LogP contribution >= 0.6 is 11.6 Å². The monoisotopic (exact) mass is 415 g/mol. The molecule has 0 saturated carbocycles. The molecule has 0 aromatic heterocycles. The van der Waals surface area contributed by atoms with Crippen LogP contribution < -0.4 is 5.32 Å². The highest BCUT2D eigenvalue weighted by molar-refractivity contribution is 6.30. The normalized spacial score (nSPS) is 12.6. The van der Waals surface area contributed by atoms with Gasteiger partial charge in [-0.2, -0.15) is 13.2 Å². The van der Waals surface area contributed by atoms with Gasteiger partial charge in [0.2, 0.25) is 0 Å². The van der Waals surface area contributed by atoms with E-state index in [1.54, 1.807) is 0 Å². The standard InChI is InChI=1S/C19H14ClF4NO3/c1-11(28-17(26)9-4-12-2-6-14(21)7-3-12)18(27)25-16-8-5-13(20)10-15(16)19(22,23)24/h2-11H,1H3,(H,25,27)/b9-4+. The van der Waals surface area contributed by atoms with E-state index in [9.17, 15) is 27.2 Å². The molecule has 148 valence electrons. The number of nitrogens with one attached hydrogen (secondary N) is 1. The second kappa shape index (κ2) is 8.88. The molecule has 28 heavy (non-hydrogen) atoms. The highest BCUT2D eigenvalue weighted by atomic mass is 35.5. The summed E-state index contributed by atoms with van der Waals surface area (Å²) in [4.78, 5) is 23.8. The molecule has 4 nitrogen and oxygen atoms in total. The van der Waals surface area contributed by atoms with E-state index in [0.717, 1.165) is 12.1 Å². The Hall–Kier alpha value is -2.87. The molecule has 1 atom stereocenters. The van der Waals surface area contributed by atoms with E-state index in [1.807, 2.05) is 0 Å². The number of carbonyl (C=O) groups excluding carboxylic acids is 2. The molecule has 0 aliphatic rings. The molecule has 1 amide bonds. The Kier molecular flexibility index (Phi) is 6.80. The smallest absolute Gasteiger partial charge is 0.418 e. The Morgan fingerprint density at radius 1 is 1.14 bits per heavy atom. The molecule has 0 heterocycles. The molecule has 0 aliphatic heterocycles. The first-order valence-corrected chi connectivity index (χ1v) is 8.26. The summed E-state index contributed by atoms with van der Waals surface area (Å²) >= 11 is 5.57. The van der Waals surface area contributed by atoms with Gasteiger partial charge in [-0.3, -0.25) is 4.79 Å². The first-order chi connectivity index (χ1) is 13.1. The van der Waals surface area contributed by atoms with Crippen LogP contribution in [-0.4, -0.2) is 18.0 Å². The zero-order chi connectivity index (χ0) is 20.9. The third-order valence-electron chi connectivity index (χ3n) is 3.49. The molecule has 0 spiro atoms. The Bertz CT molecular complexity index is 895. The number of hydrogen-bond acceptors (Lipinski definition) is 3. The summed E-state index contributed by atoms with van der Waals surface area (Å²) in [6.45, 7) is 1.21. The van der Waals surface area contributed by atoms with Gasteiger partial charge in [-0.15, -0.1) is 0 Å². The third-order valence-corrected chi connectivity index (χ3v) is 3.72. The number of rotatable bonds is 5. The van der Waals surface area contributed by atoms with Crippen molar-refractivity contribution in [2.24, 2.45) is 0 Å². The van der Waals surface area contributed by atoms with Crippen molar-refractivity contribution < 1.29 is 31.9 Å². The van der Waals surface area contributed by atoms with E-state index in [0.29, 0.717) is 11.6 Å². The van der Waals surface area contributed by atoms with Crippen LogP contribution in [0.3, 0.4) is 0 Å². The predicted molar refractivity (Wildman–Crippen MR) is 96.1 cm³/mol. The maximum absolute atomic E-state index is 13.0. The SMILES string of the molecule is CC(OC(=O)/C=C/c1ccc(F)cc1)C(=O)Nc1ccc(Cl)cc1C(F)(F)F. The number of amides is 1. The van der Waals surface area contributed by atoms with Crippen molar-refractivity contribution in [2.45, 2.75) is 19.2 Å². The fraction of sp³-hybridized carbons (Fsp3) is 0.158. The highest BCUT2D eigenvalue weighted by Gasteiger charge is 2.34. The second-order valence-electron chi connectivity index (χ2n) is 5.64. The largest absolute Gasteiger partial charge is 0.449 e. The van der Waals surface area contributed by atoms with Crippen molar-refractivity contribution in [1.29, 1.82) is 0 Å². The van der Waals surface area contributed by atoms with Crippen molar-refractivity contribution in [3.05, 3.63) is 70.5 Å². The van der Waals surface area contributed by atoms with Crippen LogP contribution in [0.2, 0.25) is 5.02 Å². The van der Waals surface area contributed by atoms with Gasteiger partial charge >= 0.3 is 12.1 Å². The molecule has 2 aromatic carbocycles. The number of carbonyl (C=O) groups is 2. The Labute approximate surface area is 162 Å². The van der Waals surface area contributed by atoms with E-state index in [2.05, 4.69) is 5.32 Å². The number of hydrogen-bond donors (Lipinski definition) is 1. The summed E-state index contributed by atoms with van der Waals surface area (Å²) < 4.78 is 56.8. The minimum atomic E-state index is -4.73. The Morgan fingerprint density at radius 2 is 1.79 bits per heavy atom. The molecular weight excluding hydrogens is 402 g/mol. The zero-order valence-electron chi connectivity index (χ0n) is 14.4. The van der Waals surface area contributed by atoms with Crippen LogP contribution in [0.25, 0.3) is 6.08 Å². The molecule has 2 aromatic rings. The van der Waals surface area contributed by atoms with E-state index in [1.165, 1.54) is 43.3 Å². The molecule has 9 heteroatoms. The van der Waals surface area contributed by atoms with Gasteiger partial charge in [0.15, 0.2) is 6.10 Å². The maximum atomic E-state index is 13.0. The topological polar surface area (TPSA) is 55.4 Å². The molecule has 1 unspecified atom stereocenters. The van der Waals surface area contributed by atoms with Crippen LogP contribution in [0.1, 0.15) is 18.1 Å². The van der Waals surface area contributed by atoms with Gasteiger partial charge in [-0.1, -0.05) is 23.7 Å². The lowest BCUT2D eigenvalue weighted by molar-refractivity contribution is -0.148. The van der Waals surface area contributed by atoms with Gasteiger partial charge in [0.1, 0.15) is 5.82 Å². The highest BCUT2D eigenvalue weighted by Crippen LogP contribution is 2.36. The molecule has 0 radical (unpaired) electrons. The molecule has 0 bridgehead atoms. The molecule has 0 fully saturated rings. The summed E-state index contributed by atoms with van der Waals surface area (Å²) in [7, 11) is 0. The Morgan fingerprint density at radius 3 is 2.39 bits per heavy atom. The van der Waals surface area contributed by atoms with Crippen molar-refractivity contribution in [2.75, 3.05) is 5.32 Å². The summed E-state index contributed by atoms with van der Waals surface area (Å²) in [5.74, 6) is -2.28. The average molecular weight is 416 g/mol. The van der Waals surface area contributed by atoms with Crippen LogP contribution in [0.5, 0.6) is 0 Å². The van der Waals surface area contributed by atoms with Crippen molar-refractivity contribution in [3.8, 4) is 0 Å². The maximum Gasteiger partial charge on any atom is 0.418 e. The number of anilines is 1. The molecule has 2 rings (SSSR count). The second-order valence-corrected chi connectivity index (χ2v) is 6.08. The van der Waals surface area contributed by atoms with Crippen molar-refractivity contribution in [1.82, 2.24) is 0 Å². The third kappa shape index (κ3) is 6.09. The number of halogens is 5. The van der Waals surface area contributed by atoms with Gasteiger partial charge < -0.3 is 10.1 Å². The summed E-state index contributed by atoms with van der Waals surface area (Å²) in [6.07, 6.45) is -3.74. The first kappa shape index (κ1) is 21.4. The van der Waals surface area contributed by atoms with Crippen LogP contribution in [0.4, 0.5) is 23.2 Å². The fourth-order valence-electron chi connectivity index (χ4n) is 2.10. The molecule has 0 aliphatic carbocycles. The fourth-order valence-corrected chi connectivity index (χ4v) is 2.27. The van der Waals surface area contributed by atoms with E-state index < -0.39 is 41.2 Å². The van der Waals surface area contributed by atoms with E-state index >= 15 is 0 Å². The lowest BCUT2D eigenvalue weighted by Gasteiger charge is -2.16. The lowest BCUT2D eigenvalue weighted by atomic mass is 10.1. The molecule has 0 saturated heterocycles. The van der Waals surface area contributed by atoms with Gasteiger partial charge in [0.05, 0.1) is 11.3 Å². The van der Waals surface area contributed by atoms with Gasteiger partial charge in [0.25, 0.3) is 5.91 Å². The molecular formula is C19H14ClF4NO3. The number of ether oxygens (including phenoxy) is 1. The summed E-state index contributed by atoms with van der Waals surface area (Å²) in [5.41, 5.74) is -1.11. The van der Waals surface area contributed by atoms with Crippen LogP contribution in [0, 0.1) is 5.82 Å². The van der Waals surface area contributed by atoms with Crippen molar-refractivity contribution in [3.63, 3.8) is 0 Å². The lowest BCUT2D eigenvalue weighted by Crippen LogP contribution is -2.30. The van der Waals surface area contributed by atoms with Crippen molar-refractivity contribution >= 4 is 35.2 Å². The average Bonchev–Trinajstić information content (AvgIpc) is 2.61. The van der Waals surface area contributed by atoms with Crippen LogP contribution in [-0.2, 0) is 20.5 Å². The molecule has 1 N–H and O–H groups in total. The van der Waals surface area contributed by atoms with E-state index in [4.69, 9.17) is 16.3 Å². The minimum Gasteiger partial charge on any atom is -0.449 e. The minimum absolute atomic E-state index is 0.143. The summed E-state index contributed by atoms with van der Waals surface area (Å²) in [5, 5.41) is 1.93. The van der Waals surface area contributed by atoms with Crippen LogP contribution in [0.15, 0.2) is 48.5 Å². The predicted octanol–water partition coefficient (Wildman–Crippen LogP) is 5.08. The number of esters is 1. The number of benzene rings is 2. The first-order valence-electron chi connectivity index (χ1n) is 7.88. The quantitative estimate of drug-likeness (QED) is 0.421.